The highest BCUT2D eigenvalue weighted by Gasteiger charge is 2.39. The minimum Gasteiger partial charge on any atom is -0.497 e. The minimum absolute atomic E-state index is 0.0156. The number of aliphatic hydroxyl groups excluding tert-OH is 1. The van der Waals surface area contributed by atoms with E-state index in [1.807, 2.05) is 6.07 Å². The van der Waals surface area contributed by atoms with Gasteiger partial charge in [-0.05, 0) is 35.9 Å². The molecule has 1 amide bonds. The molecule has 166 valence electrons. The lowest BCUT2D eigenvalue weighted by Gasteiger charge is -2.21. The first kappa shape index (κ1) is 21.4. The van der Waals surface area contributed by atoms with Crippen LogP contribution in [-0.2, 0) is 9.59 Å². The number of carboxylic acid groups (broad SMARTS) is 1. The number of β-amino-alcohol motifs (C(OH)–C–C–N with tert-alkyl or cyclic N) is 1. The third-order valence-electron chi connectivity index (χ3n) is 5.28. The fraction of sp³-hybridized carbons (Fsp3) is 0.261. The maximum Gasteiger partial charge on any atom is 0.326 e. The topological polar surface area (TPSA) is 123 Å². The van der Waals surface area contributed by atoms with E-state index in [2.05, 4.69) is 0 Å². The van der Waals surface area contributed by atoms with Crippen LogP contribution >= 0.6 is 0 Å². The Morgan fingerprint density at radius 2 is 2.03 bits per heavy atom. The molecule has 32 heavy (non-hydrogen) atoms. The van der Waals surface area contributed by atoms with Gasteiger partial charge in [0.2, 0.25) is 5.78 Å². The summed E-state index contributed by atoms with van der Waals surface area (Å²) in [6, 6.07) is 10.7. The van der Waals surface area contributed by atoms with Crippen LogP contribution in [0.15, 0.2) is 48.2 Å². The maximum atomic E-state index is 12.6. The van der Waals surface area contributed by atoms with Gasteiger partial charge in [0.05, 0.1) is 18.8 Å². The Labute approximate surface area is 183 Å². The summed E-state index contributed by atoms with van der Waals surface area (Å²) in [6.45, 7) is -0.463. The Hall–Kier alpha value is -3.85. The normalized spacial score (nSPS) is 20.8. The number of rotatable bonds is 6. The average molecular weight is 439 g/mol. The third kappa shape index (κ3) is 4.28. The molecule has 0 aliphatic carbocycles. The molecule has 2 aliphatic heterocycles. The highest BCUT2D eigenvalue weighted by Crippen LogP contribution is 2.35. The third-order valence-corrected chi connectivity index (χ3v) is 5.28. The van der Waals surface area contributed by atoms with E-state index in [-0.39, 0.29) is 24.5 Å². The zero-order valence-corrected chi connectivity index (χ0v) is 17.2. The summed E-state index contributed by atoms with van der Waals surface area (Å²) in [6.07, 6.45) is 0.715. The van der Waals surface area contributed by atoms with Crippen LogP contribution in [0.25, 0.3) is 6.08 Å². The molecule has 2 atom stereocenters. The van der Waals surface area contributed by atoms with Crippen molar-refractivity contribution in [3.05, 3.63) is 59.4 Å². The van der Waals surface area contributed by atoms with Gasteiger partial charge in [-0.2, -0.15) is 0 Å². The number of amides is 1. The van der Waals surface area contributed by atoms with Crippen molar-refractivity contribution in [3.63, 3.8) is 0 Å². The molecule has 9 heteroatoms. The number of carbonyl (C=O) groups is 3. The summed E-state index contributed by atoms with van der Waals surface area (Å²) in [5.74, 6) is -0.607. The average Bonchev–Trinajstić information content (AvgIpc) is 3.32. The van der Waals surface area contributed by atoms with Crippen molar-refractivity contribution < 1.29 is 38.8 Å². The number of hydrogen-bond acceptors (Lipinski definition) is 7. The lowest BCUT2D eigenvalue weighted by Crippen LogP contribution is -2.42. The number of fused-ring (bicyclic) bond motifs is 1. The molecular formula is C23H21NO8. The number of allylic oxidation sites excluding steroid dienone is 1. The van der Waals surface area contributed by atoms with Gasteiger partial charge in [-0.1, -0.05) is 12.1 Å². The second-order valence-corrected chi connectivity index (χ2v) is 7.45. The largest absolute Gasteiger partial charge is 0.497 e. The lowest BCUT2D eigenvalue weighted by atomic mass is 10.1. The number of benzene rings is 2. The van der Waals surface area contributed by atoms with Crippen LogP contribution in [0.5, 0.6) is 17.2 Å². The number of nitrogens with zero attached hydrogens (tertiary/aromatic N) is 1. The van der Waals surface area contributed by atoms with Gasteiger partial charge in [0.25, 0.3) is 5.91 Å². The summed E-state index contributed by atoms with van der Waals surface area (Å²) in [5.41, 5.74) is 1.11. The van der Waals surface area contributed by atoms with Crippen molar-refractivity contribution in [1.29, 1.82) is 0 Å². The number of ether oxygens (including phenoxy) is 3. The van der Waals surface area contributed by atoms with Crippen LogP contribution in [0.2, 0.25) is 0 Å². The second-order valence-electron chi connectivity index (χ2n) is 7.45. The Morgan fingerprint density at radius 3 is 2.78 bits per heavy atom. The Bertz CT molecular complexity index is 1110. The van der Waals surface area contributed by atoms with Crippen LogP contribution in [0, 0.1) is 0 Å². The second kappa shape index (κ2) is 8.72. The van der Waals surface area contributed by atoms with Gasteiger partial charge in [0.15, 0.2) is 12.4 Å². The van der Waals surface area contributed by atoms with Gasteiger partial charge in [0, 0.05) is 19.0 Å². The Balaban J connectivity index is 1.44. The molecule has 1 unspecified atom stereocenters. The van der Waals surface area contributed by atoms with E-state index in [4.69, 9.17) is 14.2 Å². The first-order valence-corrected chi connectivity index (χ1v) is 9.91. The number of ketones is 1. The molecule has 0 bridgehead atoms. The fourth-order valence-electron chi connectivity index (χ4n) is 3.69. The summed E-state index contributed by atoms with van der Waals surface area (Å²) >= 11 is 0. The molecule has 0 aromatic heterocycles. The number of hydrogen-bond donors (Lipinski definition) is 2. The maximum absolute atomic E-state index is 12.6. The first-order chi connectivity index (χ1) is 15.4. The number of aliphatic carboxylic acids is 1. The van der Waals surface area contributed by atoms with E-state index in [0.717, 1.165) is 10.5 Å². The number of methoxy groups -OCH3 is 1. The van der Waals surface area contributed by atoms with Gasteiger partial charge in [-0.25, -0.2) is 4.79 Å². The summed E-state index contributed by atoms with van der Waals surface area (Å²) in [5, 5.41) is 18.9. The molecule has 0 radical (unpaired) electrons. The lowest BCUT2D eigenvalue weighted by molar-refractivity contribution is -0.148. The van der Waals surface area contributed by atoms with Crippen LogP contribution in [0.4, 0.5) is 0 Å². The quantitative estimate of drug-likeness (QED) is 0.653. The predicted molar refractivity (Wildman–Crippen MR) is 112 cm³/mol. The number of aliphatic hydroxyl groups is 1. The highest BCUT2D eigenvalue weighted by atomic mass is 16.5. The number of likely N-dealkylation sites (tertiary alicyclic amines) is 1. The van der Waals surface area contributed by atoms with Crippen molar-refractivity contribution in [2.24, 2.45) is 0 Å². The van der Waals surface area contributed by atoms with Crippen LogP contribution in [-0.4, -0.2) is 65.2 Å². The van der Waals surface area contributed by atoms with Gasteiger partial charge in [-0.15, -0.1) is 0 Å². The molecule has 2 aromatic rings. The molecule has 1 saturated heterocycles. The van der Waals surface area contributed by atoms with E-state index >= 15 is 0 Å². The molecule has 2 heterocycles. The van der Waals surface area contributed by atoms with Gasteiger partial charge in [-0.3, -0.25) is 9.59 Å². The summed E-state index contributed by atoms with van der Waals surface area (Å²) < 4.78 is 16.4. The molecule has 4 rings (SSSR count). The van der Waals surface area contributed by atoms with E-state index < -0.39 is 30.6 Å². The fourth-order valence-corrected chi connectivity index (χ4v) is 3.69. The zero-order valence-electron chi connectivity index (χ0n) is 17.2. The molecule has 1 fully saturated rings. The summed E-state index contributed by atoms with van der Waals surface area (Å²) in [7, 11) is 1.55. The Morgan fingerprint density at radius 1 is 1.22 bits per heavy atom. The van der Waals surface area contributed by atoms with Crippen molar-refractivity contribution in [2.75, 3.05) is 20.3 Å². The van der Waals surface area contributed by atoms with Crippen LogP contribution < -0.4 is 14.2 Å². The van der Waals surface area contributed by atoms with Gasteiger partial charge >= 0.3 is 5.97 Å². The smallest absolute Gasteiger partial charge is 0.326 e. The van der Waals surface area contributed by atoms with Crippen molar-refractivity contribution >= 4 is 23.7 Å². The van der Waals surface area contributed by atoms with Crippen molar-refractivity contribution in [1.82, 2.24) is 4.90 Å². The molecular weight excluding hydrogens is 418 g/mol. The standard InChI is InChI=1S/C23H21NO8/c1-30-15-4-2-3-13(7-15)8-20-22(27)17-6-5-16(10-19(17)32-20)31-12-21(26)24-11-14(25)9-18(24)23(28)29/h2-8,10,14,18,25H,9,11-12H2,1H3,(H,28,29)/b20-8-/t14?,18-/m0/s1. The zero-order chi connectivity index (χ0) is 22.8. The van der Waals surface area contributed by atoms with Crippen molar-refractivity contribution in [2.45, 2.75) is 18.6 Å². The number of carboxylic acids is 1. The Kier molecular flexibility index (Phi) is 5.83. The molecule has 2 N–H and O–H groups in total. The van der Waals surface area contributed by atoms with Crippen molar-refractivity contribution in [3.8, 4) is 17.2 Å². The number of carbonyl (C=O) groups excluding carboxylic acids is 2. The predicted octanol–water partition coefficient (Wildman–Crippen LogP) is 1.74. The van der Waals surface area contributed by atoms with E-state index in [1.54, 1.807) is 37.5 Å². The van der Waals surface area contributed by atoms with E-state index in [9.17, 15) is 24.6 Å². The van der Waals surface area contributed by atoms with Gasteiger partial charge in [0.1, 0.15) is 23.3 Å². The van der Waals surface area contributed by atoms with E-state index in [1.165, 1.54) is 12.1 Å². The molecule has 2 aromatic carbocycles. The first-order valence-electron chi connectivity index (χ1n) is 9.91. The SMILES string of the molecule is COc1cccc(/C=C2\Oc3cc(OCC(=O)N4CC(O)C[C@H]4C(=O)O)ccc3C2=O)c1. The molecule has 9 nitrogen and oxygen atoms in total. The van der Waals surface area contributed by atoms with Crippen LogP contribution in [0.1, 0.15) is 22.3 Å². The minimum atomic E-state index is -1.17. The number of Topliss-reactive ketones (excluding diaryl/α,β-unsaturated/α-hetero) is 1. The molecule has 0 spiro atoms. The molecule has 2 aliphatic rings. The van der Waals surface area contributed by atoms with E-state index in [0.29, 0.717) is 22.8 Å². The molecule has 0 saturated carbocycles. The van der Waals surface area contributed by atoms with Crippen LogP contribution in [0.3, 0.4) is 0 Å². The monoisotopic (exact) mass is 439 g/mol. The van der Waals surface area contributed by atoms with Gasteiger partial charge < -0.3 is 29.3 Å². The summed E-state index contributed by atoms with van der Waals surface area (Å²) in [4.78, 5) is 37.4. The highest BCUT2D eigenvalue weighted by molar-refractivity contribution is 6.14.